The predicted molar refractivity (Wildman–Crippen MR) is 98.6 cm³/mol. The van der Waals surface area contributed by atoms with Gasteiger partial charge < -0.3 is 5.32 Å². The standard InChI is InChI=1S/C18H17N7O2/c1-24-17-14(9-22-24)18(27)25(11-20-17)10-16(26)19-8-12-2-4-13(5-3-12)15-6-7-21-23-15/h2-7,9,11H,8,10H2,1H3,(H,19,26)(H,21,23). The van der Waals surface area contributed by atoms with Crippen molar-refractivity contribution < 1.29 is 4.79 Å². The van der Waals surface area contributed by atoms with Crippen molar-refractivity contribution in [3.63, 3.8) is 0 Å². The number of aromatic nitrogens is 6. The normalized spacial score (nSPS) is 11.0. The van der Waals surface area contributed by atoms with Crippen molar-refractivity contribution in [3.05, 3.63) is 65.0 Å². The van der Waals surface area contributed by atoms with Gasteiger partial charge in [0, 0.05) is 19.8 Å². The van der Waals surface area contributed by atoms with Gasteiger partial charge in [0.05, 0.1) is 11.9 Å². The van der Waals surface area contributed by atoms with Gasteiger partial charge in [-0.1, -0.05) is 24.3 Å². The Morgan fingerprint density at radius 2 is 2.04 bits per heavy atom. The van der Waals surface area contributed by atoms with Gasteiger partial charge >= 0.3 is 0 Å². The van der Waals surface area contributed by atoms with Crippen LogP contribution >= 0.6 is 0 Å². The zero-order chi connectivity index (χ0) is 18.8. The van der Waals surface area contributed by atoms with Crippen LogP contribution in [0.15, 0.2) is 53.8 Å². The second-order valence-electron chi connectivity index (χ2n) is 6.13. The van der Waals surface area contributed by atoms with E-state index in [4.69, 9.17) is 0 Å². The molecule has 136 valence electrons. The van der Waals surface area contributed by atoms with E-state index < -0.39 is 0 Å². The molecule has 0 bridgehead atoms. The summed E-state index contributed by atoms with van der Waals surface area (Å²) in [5, 5.41) is 14.1. The molecule has 27 heavy (non-hydrogen) atoms. The molecule has 0 aliphatic rings. The van der Waals surface area contributed by atoms with E-state index in [0.29, 0.717) is 17.6 Å². The summed E-state index contributed by atoms with van der Waals surface area (Å²) < 4.78 is 2.80. The molecule has 0 saturated heterocycles. The maximum Gasteiger partial charge on any atom is 0.264 e. The number of nitrogens with one attached hydrogen (secondary N) is 2. The molecule has 3 heterocycles. The van der Waals surface area contributed by atoms with Crippen molar-refractivity contribution in [3.8, 4) is 11.3 Å². The highest BCUT2D eigenvalue weighted by molar-refractivity contribution is 5.77. The molecule has 1 aromatic carbocycles. The Morgan fingerprint density at radius 1 is 1.22 bits per heavy atom. The first-order chi connectivity index (χ1) is 13.1. The van der Waals surface area contributed by atoms with Crippen LogP contribution in [0.2, 0.25) is 0 Å². The van der Waals surface area contributed by atoms with Gasteiger partial charge in [-0.15, -0.1) is 0 Å². The third-order valence-electron chi connectivity index (χ3n) is 4.29. The van der Waals surface area contributed by atoms with Gasteiger partial charge in [0.1, 0.15) is 18.3 Å². The van der Waals surface area contributed by atoms with E-state index in [9.17, 15) is 9.59 Å². The molecule has 0 saturated carbocycles. The molecule has 0 unspecified atom stereocenters. The van der Waals surface area contributed by atoms with Crippen molar-refractivity contribution in [2.75, 3.05) is 0 Å². The predicted octanol–water partition coefficient (Wildman–Crippen LogP) is 0.836. The van der Waals surface area contributed by atoms with Crippen LogP contribution in [0.4, 0.5) is 0 Å². The van der Waals surface area contributed by atoms with Gasteiger partial charge in [-0.2, -0.15) is 10.2 Å². The fraction of sp³-hybridized carbons (Fsp3) is 0.167. The van der Waals surface area contributed by atoms with Crippen LogP contribution in [0.3, 0.4) is 0 Å². The minimum atomic E-state index is -0.285. The van der Waals surface area contributed by atoms with Crippen molar-refractivity contribution in [2.45, 2.75) is 13.1 Å². The first kappa shape index (κ1) is 16.7. The summed E-state index contributed by atoms with van der Waals surface area (Å²) in [4.78, 5) is 28.8. The molecule has 0 aliphatic heterocycles. The molecular weight excluding hydrogens is 346 g/mol. The Kier molecular flexibility index (Phi) is 4.25. The summed E-state index contributed by atoms with van der Waals surface area (Å²) in [5.74, 6) is -0.264. The monoisotopic (exact) mass is 363 g/mol. The van der Waals surface area contributed by atoms with Gasteiger partial charge in [0.2, 0.25) is 5.91 Å². The fourth-order valence-electron chi connectivity index (χ4n) is 2.81. The lowest BCUT2D eigenvalue weighted by molar-refractivity contribution is -0.121. The highest BCUT2D eigenvalue weighted by atomic mass is 16.2. The minimum Gasteiger partial charge on any atom is -0.350 e. The van der Waals surface area contributed by atoms with E-state index in [1.165, 1.54) is 21.8 Å². The molecule has 0 radical (unpaired) electrons. The first-order valence-electron chi connectivity index (χ1n) is 8.34. The molecule has 0 atom stereocenters. The molecule has 0 aliphatic carbocycles. The van der Waals surface area contributed by atoms with Crippen LogP contribution in [-0.2, 0) is 24.9 Å². The van der Waals surface area contributed by atoms with Crippen LogP contribution in [0.5, 0.6) is 0 Å². The number of benzene rings is 1. The Balaban J connectivity index is 1.40. The third-order valence-corrected chi connectivity index (χ3v) is 4.29. The van der Waals surface area contributed by atoms with E-state index in [2.05, 4.69) is 25.6 Å². The number of H-pyrrole nitrogens is 1. The first-order valence-corrected chi connectivity index (χ1v) is 8.34. The number of carbonyl (C=O) groups excluding carboxylic acids is 1. The van der Waals surface area contributed by atoms with Gasteiger partial charge in [-0.3, -0.25) is 23.9 Å². The highest BCUT2D eigenvalue weighted by Crippen LogP contribution is 2.16. The fourth-order valence-corrected chi connectivity index (χ4v) is 2.81. The van der Waals surface area contributed by atoms with Gasteiger partial charge in [-0.25, -0.2) is 4.98 Å². The average Bonchev–Trinajstić information content (AvgIpc) is 3.33. The lowest BCUT2D eigenvalue weighted by Crippen LogP contribution is -2.32. The van der Waals surface area contributed by atoms with E-state index in [-0.39, 0.29) is 18.0 Å². The topological polar surface area (TPSA) is 110 Å². The Hall–Kier alpha value is -3.75. The number of nitrogens with zero attached hydrogens (tertiary/aromatic N) is 5. The van der Waals surface area contributed by atoms with Crippen LogP contribution in [0.1, 0.15) is 5.56 Å². The van der Waals surface area contributed by atoms with Crippen molar-refractivity contribution >= 4 is 16.9 Å². The summed E-state index contributed by atoms with van der Waals surface area (Å²) >= 11 is 0. The Morgan fingerprint density at radius 3 is 2.78 bits per heavy atom. The molecule has 0 spiro atoms. The van der Waals surface area contributed by atoms with E-state index in [0.717, 1.165) is 16.8 Å². The number of hydrogen-bond donors (Lipinski definition) is 2. The minimum absolute atomic E-state index is 0.0943. The van der Waals surface area contributed by atoms with Crippen molar-refractivity contribution in [1.29, 1.82) is 0 Å². The molecule has 3 aromatic heterocycles. The number of carbonyl (C=O) groups is 1. The van der Waals surface area contributed by atoms with Gasteiger partial charge in [0.15, 0.2) is 5.65 Å². The number of hydrogen-bond acceptors (Lipinski definition) is 5. The van der Waals surface area contributed by atoms with Crippen molar-refractivity contribution in [2.24, 2.45) is 7.05 Å². The van der Waals surface area contributed by atoms with Gasteiger partial charge in [0.25, 0.3) is 5.56 Å². The third kappa shape index (κ3) is 3.34. The number of amides is 1. The molecule has 0 fully saturated rings. The molecule has 2 N–H and O–H groups in total. The summed E-state index contributed by atoms with van der Waals surface area (Å²) in [6, 6.07) is 9.68. The molecule has 9 nitrogen and oxygen atoms in total. The summed E-state index contributed by atoms with van der Waals surface area (Å²) in [7, 11) is 1.71. The van der Waals surface area contributed by atoms with E-state index in [1.807, 2.05) is 30.3 Å². The van der Waals surface area contributed by atoms with Gasteiger partial charge in [-0.05, 0) is 17.2 Å². The highest BCUT2D eigenvalue weighted by Gasteiger charge is 2.10. The smallest absolute Gasteiger partial charge is 0.264 e. The van der Waals surface area contributed by atoms with Crippen LogP contribution in [-0.4, -0.2) is 35.4 Å². The molecule has 4 aromatic rings. The summed E-state index contributed by atoms with van der Waals surface area (Å²) in [6.07, 6.45) is 4.52. The number of rotatable bonds is 5. The average molecular weight is 363 g/mol. The summed E-state index contributed by atoms with van der Waals surface area (Å²) in [6.45, 7) is 0.280. The Labute approximate surface area is 153 Å². The van der Waals surface area contributed by atoms with Crippen LogP contribution in [0, 0.1) is 0 Å². The second-order valence-corrected chi connectivity index (χ2v) is 6.13. The van der Waals surface area contributed by atoms with Crippen molar-refractivity contribution in [1.82, 2.24) is 34.8 Å². The zero-order valence-corrected chi connectivity index (χ0v) is 14.6. The SMILES string of the molecule is Cn1ncc2c(=O)n(CC(=O)NCc3ccc(-c4ccn[nH]4)cc3)cnc21. The molecule has 9 heteroatoms. The summed E-state index contributed by atoms with van der Waals surface area (Å²) in [5.41, 5.74) is 3.12. The largest absolute Gasteiger partial charge is 0.350 e. The molecule has 4 rings (SSSR count). The lowest BCUT2D eigenvalue weighted by atomic mass is 10.1. The Bertz CT molecular complexity index is 1140. The van der Waals surface area contributed by atoms with E-state index in [1.54, 1.807) is 13.2 Å². The number of aromatic amines is 1. The number of aryl methyl sites for hydroxylation is 1. The zero-order valence-electron chi connectivity index (χ0n) is 14.6. The molecular formula is C18H17N7O2. The second kappa shape index (κ2) is 6.87. The number of fused-ring (bicyclic) bond motifs is 1. The quantitative estimate of drug-likeness (QED) is 0.546. The maximum absolute atomic E-state index is 12.4. The van der Waals surface area contributed by atoms with Crippen LogP contribution in [0.25, 0.3) is 22.3 Å². The molecule has 1 amide bonds. The maximum atomic E-state index is 12.4. The van der Waals surface area contributed by atoms with E-state index >= 15 is 0 Å². The van der Waals surface area contributed by atoms with Crippen LogP contribution < -0.4 is 10.9 Å². The lowest BCUT2D eigenvalue weighted by Gasteiger charge is -2.08.